The third kappa shape index (κ3) is 6.24. The van der Waals surface area contributed by atoms with Crippen LogP contribution in [0.15, 0.2) is 70.7 Å². The van der Waals surface area contributed by atoms with Crippen molar-refractivity contribution < 1.29 is 14.3 Å². The molecule has 6 nitrogen and oxygen atoms in total. The second-order valence-electron chi connectivity index (χ2n) is 9.75. The summed E-state index contributed by atoms with van der Waals surface area (Å²) < 4.78 is 11.3. The Balaban J connectivity index is 2.03. The molecule has 1 aliphatic heterocycles. The first-order valence-corrected chi connectivity index (χ1v) is 13.1. The molecule has 1 aliphatic rings. The number of aromatic amines is 2. The number of fused-ring (bicyclic) bond motifs is 1. The Labute approximate surface area is 220 Å². The fourth-order valence-corrected chi connectivity index (χ4v) is 4.63. The number of methoxy groups -OCH3 is 1. The lowest BCUT2D eigenvalue weighted by molar-refractivity contribution is -0.120. The number of benzene rings is 1. The Bertz CT molecular complexity index is 1270. The molecule has 1 aromatic heterocycles. The number of carbonyl (C=O) groups is 1. The zero-order chi connectivity index (χ0) is 27.1. The minimum Gasteiger partial charge on any atom is -0.497 e. The summed E-state index contributed by atoms with van der Waals surface area (Å²) in [7, 11) is 1.63. The monoisotopic (exact) mass is 504 g/mol. The molecule has 6 heteroatoms. The lowest BCUT2D eigenvalue weighted by atomic mass is 9.81. The number of rotatable bonds is 11. The zero-order valence-electron chi connectivity index (χ0n) is 22.9. The van der Waals surface area contributed by atoms with Crippen LogP contribution in [0.3, 0.4) is 0 Å². The average molecular weight is 505 g/mol. The third-order valence-corrected chi connectivity index (χ3v) is 7.47. The molecular weight excluding hydrogens is 464 g/mol. The van der Waals surface area contributed by atoms with Gasteiger partial charge in [-0.15, -0.1) is 0 Å². The van der Waals surface area contributed by atoms with Crippen molar-refractivity contribution in [2.24, 2.45) is 17.8 Å². The van der Waals surface area contributed by atoms with Crippen LogP contribution >= 0.6 is 0 Å². The highest BCUT2D eigenvalue weighted by Gasteiger charge is 2.30. The van der Waals surface area contributed by atoms with E-state index in [1.54, 1.807) is 13.3 Å². The van der Waals surface area contributed by atoms with Crippen molar-refractivity contribution in [3.8, 4) is 11.5 Å². The molecule has 0 saturated carbocycles. The molecule has 0 saturated heterocycles. The van der Waals surface area contributed by atoms with E-state index >= 15 is 0 Å². The first kappa shape index (κ1) is 28.0. The van der Waals surface area contributed by atoms with Gasteiger partial charge in [-0.25, -0.2) is 0 Å². The van der Waals surface area contributed by atoms with Crippen LogP contribution < -0.4 is 15.0 Å². The molecule has 0 aliphatic carbocycles. The predicted octanol–water partition coefficient (Wildman–Crippen LogP) is 6.44. The van der Waals surface area contributed by atoms with Gasteiger partial charge in [0.2, 0.25) is 0 Å². The molecule has 0 spiro atoms. The highest BCUT2D eigenvalue weighted by Crippen LogP contribution is 2.35. The Hall–Kier alpha value is -3.54. The van der Waals surface area contributed by atoms with E-state index < -0.39 is 0 Å². The van der Waals surface area contributed by atoms with Crippen LogP contribution in [0.4, 0.5) is 0 Å². The Morgan fingerprint density at radius 1 is 1.19 bits per heavy atom. The van der Waals surface area contributed by atoms with Gasteiger partial charge in [0, 0.05) is 11.8 Å². The second kappa shape index (κ2) is 12.6. The van der Waals surface area contributed by atoms with E-state index in [-0.39, 0.29) is 29.1 Å². The quantitative estimate of drug-likeness (QED) is 0.273. The van der Waals surface area contributed by atoms with Crippen molar-refractivity contribution in [2.45, 2.75) is 53.9 Å². The van der Waals surface area contributed by atoms with Crippen LogP contribution in [0, 0.1) is 17.8 Å². The Morgan fingerprint density at radius 3 is 2.51 bits per heavy atom. The lowest BCUT2D eigenvalue weighted by Crippen LogP contribution is -2.30. The zero-order valence-corrected chi connectivity index (χ0v) is 22.9. The van der Waals surface area contributed by atoms with Crippen molar-refractivity contribution in [3.63, 3.8) is 0 Å². The van der Waals surface area contributed by atoms with Crippen LogP contribution in [0.2, 0.25) is 0 Å². The van der Waals surface area contributed by atoms with E-state index in [1.165, 1.54) is 0 Å². The SMILES string of the molecule is C=C(C(=C\C=C(\c1c[nH][nH]c1=O)C(C)CC)/C(=C\C)C(=O)C1COc2ccc(OC)cc2C1)C(C)CC. The topological polar surface area (TPSA) is 84.2 Å². The van der Waals surface area contributed by atoms with E-state index in [0.29, 0.717) is 24.2 Å². The molecule has 198 valence electrons. The molecule has 3 unspecified atom stereocenters. The van der Waals surface area contributed by atoms with Gasteiger partial charge in [-0.3, -0.25) is 14.7 Å². The molecule has 2 aromatic rings. The number of hydrogen-bond donors (Lipinski definition) is 2. The summed E-state index contributed by atoms with van der Waals surface area (Å²) in [5.74, 6) is 1.61. The van der Waals surface area contributed by atoms with Crippen molar-refractivity contribution in [2.75, 3.05) is 13.7 Å². The Kier molecular flexibility index (Phi) is 9.56. The average Bonchev–Trinajstić information content (AvgIpc) is 3.35. The van der Waals surface area contributed by atoms with Crippen molar-refractivity contribution in [1.29, 1.82) is 0 Å². The Morgan fingerprint density at radius 2 is 1.92 bits per heavy atom. The standard InChI is InChI=1S/C31H40N2O4/c1-8-19(4)21(6)27(13-12-26(20(5)9-2)28-17-32-33-31(28)35)25(10-3)30(34)23-15-22-16-24(36-7)11-14-29(22)37-18-23/h10-14,16-17,19-20,23H,6,8-9,15,18H2,1-5,7H3,(H2,32,33,35)/b25-10+,26-12+,27-13+. The summed E-state index contributed by atoms with van der Waals surface area (Å²) in [6.07, 6.45) is 9.88. The number of ether oxygens (including phenoxy) is 2. The summed E-state index contributed by atoms with van der Waals surface area (Å²) in [6.45, 7) is 15.0. The molecule has 2 N–H and O–H groups in total. The van der Waals surface area contributed by atoms with Crippen LogP contribution in [-0.4, -0.2) is 29.7 Å². The normalized spacial score (nSPS) is 18.0. The molecule has 1 aromatic carbocycles. The number of ketones is 1. The molecule has 0 bridgehead atoms. The number of H-pyrrole nitrogens is 2. The first-order valence-electron chi connectivity index (χ1n) is 13.1. The highest BCUT2D eigenvalue weighted by molar-refractivity contribution is 6.02. The molecule has 3 atom stereocenters. The summed E-state index contributed by atoms with van der Waals surface area (Å²) in [6, 6.07) is 5.70. The first-order chi connectivity index (χ1) is 17.7. The summed E-state index contributed by atoms with van der Waals surface area (Å²) >= 11 is 0. The third-order valence-electron chi connectivity index (χ3n) is 7.47. The van der Waals surface area contributed by atoms with E-state index in [1.807, 2.05) is 43.4 Å². The van der Waals surface area contributed by atoms with Gasteiger partial charge in [-0.1, -0.05) is 52.5 Å². The van der Waals surface area contributed by atoms with Crippen LogP contribution in [0.25, 0.3) is 5.57 Å². The largest absolute Gasteiger partial charge is 0.497 e. The summed E-state index contributed by atoms with van der Waals surface area (Å²) in [5.41, 5.74) is 4.70. The van der Waals surface area contributed by atoms with Crippen molar-refractivity contribution in [3.05, 3.63) is 87.4 Å². The smallest absolute Gasteiger partial charge is 0.271 e. The van der Waals surface area contributed by atoms with Crippen LogP contribution in [0.5, 0.6) is 11.5 Å². The fraction of sp³-hybridized carbons (Fsp3) is 0.419. The molecule has 3 rings (SSSR count). The minimum atomic E-state index is -0.315. The van der Waals surface area contributed by atoms with Crippen LogP contribution in [-0.2, 0) is 11.2 Å². The van der Waals surface area contributed by atoms with Gasteiger partial charge in [-0.2, -0.15) is 0 Å². The molecule has 2 heterocycles. The fourth-order valence-electron chi connectivity index (χ4n) is 4.63. The molecule has 0 amide bonds. The van der Waals surface area contributed by atoms with Gasteiger partial charge >= 0.3 is 0 Å². The van der Waals surface area contributed by atoms with Gasteiger partial charge < -0.3 is 14.6 Å². The summed E-state index contributed by atoms with van der Waals surface area (Å²) in [4.78, 5) is 26.3. The van der Waals surface area contributed by atoms with Gasteiger partial charge in [0.05, 0.1) is 25.2 Å². The second-order valence-corrected chi connectivity index (χ2v) is 9.75. The molecule has 37 heavy (non-hydrogen) atoms. The molecular formula is C31H40N2O4. The van der Waals surface area contributed by atoms with Gasteiger partial charge in [-0.05, 0) is 78.5 Å². The van der Waals surface area contributed by atoms with Crippen molar-refractivity contribution >= 4 is 11.4 Å². The number of allylic oxidation sites excluding steroid dienone is 7. The number of carbonyl (C=O) groups excluding carboxylic acids is 1. The van der Waals surface area contributed by atoms with Gasteiger partial charge in [0.15, 0.2) is 5.78 Å². The number of Topliss-reactive ketones (excluding diaryl/α,β-unsaturated/α-hetero) is 1. The van der Waals surface area contributed by atoms with E-state index in [2.05, 4.69) is 44.5 Å². The van der Waals surface area contributed by atoms with Gasteiger partial charge in [0.1, 0.15) is 11.5 Å². The number of aromatic nitrogens is 2. The predicted molar refractivity (Wildman–Crippen MR) is 150 cm³/mol. The number of hydrogen-bond acceptors (Lipinski definition) is 4. The number of nitrogens with one attached hydrogen (secondary N) is 2. The maximum Gasteiger partial charge on any atom is 0.271 e. The van der Waals surface area contributed by atoms with Gasteiger partial charge in [0.25, 0.3) is 5.56 Å². The molecule has 0 radical (unpaired) electrons. The maximum atomic E-state index is 13.9. The van der Waals surface area contributed by atoms with E-state index in [4.69, 9.17) is 9.47 Å². The van der Waals surface area contributed by atoms with Crippen LogP contribution in [0.1, 0.15) is 58.6 Å². The van der Waals surface area contributed by atoms with Crippen molar-refractivity contribution in [1.82, 2.24) is 10.2 Å². The minimum absolute atomic E-state index is 0.0321. The van der Waals surface area contributed by atoms with E-state index in [9.17, 15) is 9.59 Å². The maximum absolute atomic E-state index is 13.9. The van der Waals surface area contributed by atoms with E-state index in [0.717, 1.165) is 46.6 Å². The highest BCUT2D eigenvalue weighted by atomic mass is 16.5. The summed E-state index contributed by atoms with van der Waals surface area (Å²) in [5, 5.41) is 5.43. The lowest BCUT2D eigenvalue weighted by Gasteiger charge is -2.27. The molecule has 0 fully saturated rings.